The summed E-state index contributed by atoms with van der Waals surface area (Å²) in [7, 11) is 0. The van der Waals surface area contributed by atoms with E-state index in [1.807, 2.05) is 36.4 Å². The minimum atomic E-state index is 0.000709. The van der Waals surface area contributed by atoms with E-state index >= 15 is 0 Å². The van der Waals surface area contributed by atoms with E-state index < -0.39 is 0 Å². The minimum absolute atomic E-state index is 0.000709. The summed E-state index contributed by atoms with van der Waals surface area (Å²) in [6, 6.07) is 13.6. The van der Waals surface area contributed by atoms with Crippen LogP contribution in [0, 0.1) is 5.92 Å². The van der Waals surface area contributed by atoms with Gasteiger partial charge in [0.2, 0.25) is 5.91 Å². The molecule has 0 spiro atoms. The van der Waals surface area contributed by atoms with E-state index in [4.69, 9.17) is 34.8 Å². The normalized spacial score (nSPS) is 19.5. The van der Waals surface area contributed by atoms with Crippen molar-refractivity contribution in [2.75, 3.05) is 26.2 Å². The average molecular weight is 452 g/mol. The fourth-order valence-electron chi connectivity index (χ4n) is 4.59. The summed E-state index contributed by atoms with van der Waals surface area (Å²) >= 11 is 18.8. The first-order chi connectivity index (χ1) is 14.0. The maximum atomic E-state index is 12.8. The lowest BCUT2D eigenvalue weighted by Gasteiger charge is -2.40. The Morgan fingerprint density at radius 2 is 1.48 bits per heavy atom. The molecule has 1 saturated heterocycles. The van der Waals surface area contributed by atoms with Gasteiger partial charge in [-0.15, -0.1) is 0 Å². The van der Waals surface area contributed by atoms with Crippen molar-refractivity contribution in [1.82, 2.24) is 9.80 Å². The molecule has 1 aliphatic carbocycles. The second-order valence-corrected chi connectivity index (χ2v) is 9.24. The summed E-state index contributed by atoms with van der Waals surface area (Å²) in [4.78, 5) is 17.3. The Morgan fingerprint density at radius 1 is 0.862 bits per heavy atom. The van der Waals surface area contributed by atoms with Crippen molar-refractivity contribution in [3.63, 3.8) is 0 Å². The first-order valence-corrected chi connectivity index (χ1v) is 11.4. The van der Waals surface area contributed by atoms with E-state index in [9.17, 15) is 4.79 Å². The van der Waals surface area contributed by atoms with Gasteiger partial charge in [0.25, 0.3) is 0 Å². The van der Waals surface area contributed by atoms with Crippen LogP contribution in [0.4, 0.5) is 0 Å². The summed E-state index contributed by atoms with van der Waals surface area (Å²) in [5.74, 6) is 0.578. The predicted octanol–water partition coefficient (Wildman–Crippen LogP) is 6.07. The lowest BCUT2D eigenvalue weighted by molar-refractivity contribution is -0.137. The molecule has 1 saturated carbocycles. The summed E-state index contributed by atoms with van der Waals surface area (Å²) in [6.07, 6.45) is 4.47. The number of benzene rings is 2. The molecule has 4 rings (SSSR count). The maximum absolute atomic E-state index is 12.8. The molecule has 2 fully saturated rings. The molecule has 1 aliphatic heterocycles. The standard InChI is InChI=1S/C23H25Cl3N2O/c24-18-7-5-16(6-8-18)22(20-10-9-19(25)15-21(20)26)27-11-13-28(14-12-27)23(29)17-3-1-2-4-17/h5-10,15,17,22H,1-4,11-14H2. The van der Waals surface area contributed by atoms with E-state index in [-0.39, 0.29) is 12.0 Å². The highest BCUT2D eigenvalue weighted by atomic mass is 35.5. The molecule has 2 aromatic rings. The van der Waals surface area contributed by atoms with Crippen LogP contribution in [0.25, 0.3) is 0 Å². The Balaban J connectivity index is 1.55. The van der Waals surface area contributed by atoms with Crippen LogP contribution in [0.2, 0.25) is 15.1 Å². The smallest absolute Gasteiger partial charge is 0.225 e. The number of amides is 1. The zero-order valence-corrected chi connectivity index (χ0v) is 18.6. The second-order valence-electron chi connectivity index (χ2n) is 7.96. The van der Waals surface area contributed by atoms with E-state index in [0.717, 1.165) is 50.1 Å². The number of rotatable bonds is 4. The molecule has 29 heavy (non-hydrogen) atoms. The molecule has 154 valence electrons. The highest BCUT2D eigenvalue weighted by Gasteiger charge is 2.32. The molecule has 6 heteroatoms. The average Bonchev–Trinajstić information content (AvgIpc) is 3.26. The molecule has 1 unspecified atom stereocenters. The van der Waals surface area contributed by atoms with Gasteiger partial charge in [0, 0.05) is 47.2 Å². The summed E-state index contributed by atoms with van der Waals surface area (Å²) in [5, 5.41) is 1.99. The van der Waals surface area contributed by atoms with Gasteiger partial charge in [0.05, 0.1) is 6.04 Å². The van der Waals surface area contributed by atoms with Crippen molar-refractivity contribution in [3.8, 4) is 0 Å². The van der Waals surface area contributed by atoms with Gasteiger partial charge in [-0.1, -0.05) is 65.8 Å². The summed E-state index contributed by atoms with van der Waals surface area (Å²) in [6.45, 7) is 3.13. The molecule has 1 atom stereocenters. The zero-order valence-electron chi connectivity index (χ0n) is 16.3. The number of carbonyl (C=O) groups excluding carboxylic acids is 1. The van der Waals surface area contributed by atoms with E-state index in [2.05, 4.69) is 9.80 Å². The molecular formula is C23H25Cl3N2O. The number of carbonyl (C=O) groups is 1. The van der Waals surface area contributed by atoms with Crippen LogP contribution < -0.4 is 0 Å². The Morgan fingerprint density at radius 3 is 2.10 bits per heavy atom. The molecule has 0 bridgehead atoms. The largest absolute Gasteiger partial charge is 0.340 e. The van der Waals surface area contributed by atoms with Gasteiger partial charge in [0.15, 0.2) is 0 Å². The van der Waals surface area contributed by atoms with Crippen LogP contribution in [0.1, 0.15) is 42.9 Å². The summed E-state index contributed by atoms with van der Waals surface area (Å²) < 4.78 is 0. The Kier molecular flexibility index (Phi) is 6.70. The van der Waals surface area contributed by atoms with Gasteiger partial charge in [0.1, 0.15) is 0 Å². The van der Waals surface area contributed by atoms with Crippen LogP contribution >= 0.6 is 34.8 Å². The van der Waals surface area contributed by atoms with Gasteiger partial charge in [-0.05, 0) is 48.2 Å². The number of hydrogen-bond acceptors (Lipinski definition) is 2. The van der Waals surface area contributed by atoms with E-state index in [0.29, 0.717) is 21.0 Å². The molecular weight excluding hydrogens is 427 g/mol. The topological polar surface area (TPSA) is 23.6 Å². The van der Waals surface area contributed by atoms with Gasteiger partial charge in [-0.2, -0.15) is 0 Å². The third kappa shape index (κ3) is 4.74. The first kappa shape index (κ1) is 21.0. The van der Waals surface area contributed by atoms with Crippen LogP contribution in [0.3, 0.4) is 0 Å². The van der Waals surface area contributed by atoms with Gasteiger partial charge >= 0.3 is 0 Å². The third-order valence-electron chi connectivity index (χ3n) is 6.14. The van der Waals surface area contributed by atoms with Crippen molar-refractivity contribution >= 4 is 40.7 Å². The van der Waals surface area contributed by atoms with Crippen LogP contribution in [0.5, 0.6) is 0 Å². The fourth-order valence-corrected chi connectivity index (χ4v) is 5.22. The molecule has 0 radical (unpaired) electrons. The Bertz CT molecular complexity index is 857. The van der Waals surface area contributed by atoms with Gasteiger partial charge in [-0.3, -0.25) is 9.69 Å². The van der Waals surface area contributed by atoms with Crippen molar-refractivity contribution in [2.45, 2.75) is 31.7 Å². The number of piperazine rings is 1. The van der Waals surface area contributed by atoms with Gasteiger partial charge < -0.3 is 4.90 Å². The Labute approximate surface area is 187 Å². The monoisotopic (exact) mass is 450 g/mol. The molecule has 3 nitrogen and oxygen atoms in total. The van der Waals surface area contributed by atoms with Crippen molar-refractivity contribution < 1.29 is 4.79 Å². The minimum Gasteiger partial charge on any atom is -0.340 e. The lowest BCUT2D eigenvalue weighted by atomic mass is 9.96. The van der Waals surface area contributed by atoms with E-state index in [1.54, 1.807) is 6.07 Å². The second kappa shape index (κ2) is 9.26. The quantitative estimate of drug-likeness (QED) is 0.563. The van der Waals surface area contributed by atoms with E-state index in [1.165, 1.54) is 12.8 Å². The van der Waals surface area contributed by atoms with Crippen molar-refractivity contribution in [2.24, 2.45) is 5.92 Å². The highest BCUT2D eigenvalue weighted by Crippen LogP contribution is 2.36. The fraction of sp³-hybridized carbons (Fsp3) is 0.435. The van der Waals surface area contributed by atoms with Crippen LogP contribution in [0.15, 0.2) is 42.5 Å². The van der Waals surface area contributed by atoms with Crippen LogP contribution in [-0.4, -0.2) is 41.9 Å². The predicted molar refractivity (Wildman–Crippen MR) is 120 cm³/mol. The molecule has 0 N–H and O–H groups in total. The number of hydrogen-bond donors (Lipinski definition) is 0. The molecule has 2 aromatic carbocycles. The maximum Gasteiger partial charge on any atom is 0.225 e. The lowest BCUT2D eigenvalue weighted by Crippen LogP contribution is -2.51. The first-order valence-electron chi connectivity index (χ1n) is 10.3. The number of halogens is 3. The number of nitrogens with zero attached hydrogens (tertiary/aromatic N) is 2. The highest BCUT2D eigenvalue weighted by molar-refractivity contribution is 6.35. The Hall–Kier alpha value is -1.26. The van der Waals surface area contributed by atoms with Crippen molar-refractivity contribution in [1.29, 1.82) is 0 Å². The molecule has 1 heterocycles. The summed E-state index contributed by atoms with van der Waals surface area (Å²) in [5.41, 5.74) is 2.16. The molecule has 1 amide bonds. The molecule has 2 aliphatic rings. The SMILES string of the molecule is O=C(C1CCCC1)N1CCN(C(c2ccc(Cl)cc2)c2ccc(Cl)cc2Cl)CC1. The third-order valence-corrected chi connectivity index (χ3v) is 6.95. The zero-order chi connectivity index (χ0) is 20.4. The van der Waals surface area contributed by atoms with Crippen LogP contribution in [-0.2, 0) is 4.79 Å². The molecule has 0 aromatic heterocycles. The van der Waals surface area contributed by atoms with Gasteiger partial charge in [-0.25, -0.2) is 0 Å². The van der Waals surface area contributed by atoms with Crippen molar-refractivity contribution in [3.05, 3.63) is 68.7 Å².